The molecule has 2 heterocycles. The van der Waals surface area contributed by atoms with Gasteiger partial charge in [-0.15, -0.1) is 0 Å². The van der Waals surface area contributed by atoms with E-state index in [-0.39, 0.29) is 0 Å². The monoisotopic (exact) mass is 406 g/mol. The Balaban J connectivity index is 2.10. The van der Waals surface area contributed by atoms with Crippen molar-refractivity contribution in [1.82, 2.24) is 9.97 Å². The van der Waals surface area contributed by atoms with Gasteiger partial charge in [0.05, 0.1) is 0 Å². The van der Waals surface area contributed by atoms with Gasteiger partial charge in [0.25, 0.3) is 0 Å². The van der Waals surface area contributed by atoms with E-state index < -0.39 is 16.8 Å². The molecule has 0 aliphatic heterocycles. The summed E-state index contributed by atoms with van der Waals surface area (Å²) in [7, 11) is 1.30. The van der Waals surface area contributed by atoms with Gasteiger partial charge in [0, 0.05) is 0 Å². The second kappa shape index (κ2) is 6.41. The maximum absolute atomic E-state index is 14.1. The summed E-state index contributed by atoms with van der Waals surface area (Å²) in [5.41, 5.74) is 1.51. The van der Waals surface area contributed by atoms with E-state index in [0.717, 1.165) is 11.4 Å². The molecule has 0 radical (unpaired) electrons. The van der Waals surface area contributed by atoms with Gasteiger partial charge in [-0.2, -0.15) is 0 Å². The van der Waals surface area contributed by atoms with Crippen molar-refractivity contribution in [3.05, 3.63) is 47.8 Å². The molecule has 0 aliphatic rings. The SMILES string of the molecule is Cc1cccc([S][Sn]([F])([F])[S]c2cccc(C)n2)n1. The molecule has 19 heavy (non-hydrogen) atoms. The zero-order valence-corrected chi connectivity index (χ0v) is 14.9. The standard InChI is InChI=1S/2C6H7NS.2FH.Sn/c2*1-5-3-2-4-6(8)7-5;;;/h2*2-4H,1H3,(H,7,8);2*1H;/q;;;;+4/p-4. The van der Waals surface area contributed by atoms with Crippen molar-refractivity contribution in [2.45, 2.75) is 23.9 Å². The van der Waals surface area contributed by atoms with Gasteiger partial charge < -0.3 is 0 Å². The molecule has 100 valence electrons. The first-order chi connectivity index (χ1) is 8.94. The van der Waals surface area contributed by atoms with Gasteiger partial charge in [-0.1, -0.05) is 0 Å². The number of nitrogens with zero attached hydrogens (tertiary/aromatic N) is 2. The first-order valence-electron chi connectivity index (χ1n) is 5.58. The summed E-state index contributed by atoms with van der Waals surface area (Å²) in [4.78, 5) is 8.24. The molecule has 7 heteroatoms. The topological polar surface area (TPSA) is 25.8 Å². The molecule has 2 aromatic rings. The van der Waals surface area contributed by atoms with Gasteiger partial charge in [0.15, 0.2) is 0 Å². The van der Waals surface area contributed by atoms with E-state index in [9.17, 15) is 5.73 Å². The van der Waals surface area contributed by atoms with Crippen LogP contribution in [0.4, 0.5) is 5.73 Å². The summed E-state index contributed by atoms with van der Waals surface area (Å²) >= 11 is -5.30. The van der Waals surface area contributed by atoms with Crippen molar-refractivity contribution in [2.75, 3.05) is 0 Å². The quantitative estimate of drug-likeness (QED) is 0.707. The van der Waals surface area contributed by atoms with E-state index in [4.69, 9.17) is 0 Å². The van der Waals surface area contributed by atoms with Crippen molar-refractivity contribution < 1.29 is 5.73 Å². The van der Waals surface area contributed by atoms with E-state index in [1.165, 1.54) is 0 Å². The van der Waals surface area contributed by atoms with Crippen molar-refractivity contribution in [2.24, 2.45) is 0 Å². The number of halogens is 2. The normalized spacial score (nSPS) is 11.6. The molecule has 2 aromatic heterocycles. The van der Waals surface area contributed by atoms with E-state index >= 15 is 0 Å². The number of hydrogen-bond acceptors (Lipinski definition) is 4. The van der Waals surface area contributed by atoms with Crippen LogP contribution in [0.3, 0.4) is 0 Å². The fraction of sp³-hybridized carbons (Fsp3) is 0.167. The molecule has 0 saturated carbocycles. The average Bonchev–Trinajstić information content (AvgIpc) is 2.27. The molecule has 0 atom stereocenters. The molecule has 2 nitrogen and oxygen atoms in total. The minimum atomic E-state index is -5.30. The third-order valence-corrected chi connectivity index (χ3v) is 14.5. The van der Waals surface area contributed by atoms with Gasteiger partial charge in [0.1, 0.15) is 0 Å². The van der Waals surface area contributed by atoms with E-state index in [1.807, 2.05) is 0 Å². The summed E-state index contributed by atoms with van der Waals surface area (Å²) in [6.07, 6.45) is 0. The Morgan fingerprint density at radius 1 is 0.842 bits per heavy atom. The molecule has 0 aromatic carbocycles. The summed E-state index contributed by atoms with van der Waals surface area (Å²) in [5.74, 6) is 0. The van der Waals surface area contributed by atoms with Crippen molar-refractivity contribution in [1.29, 1.82) is 0 Å². The Hall–Kier alpha value is -0.341. The Labute approximate surface area is 121 Å². The van der Waals surface area contributed by atoms with E-state index in [1.54, 1.807) is 50.2 Å². The summed E-state index contributed by atoms with van der Waals surface area (Å²) in [6.45, 7) is 3.60. The number of hydrogen-bond donors (Lipinski definition) is 0. The molecule has 0 aliphatic carbocycles. The van der Waals surface area contributed by atoms with Crippen LogP contribution in [-0.2, 0) is 0 Å². The molecule has 0 bridgehead atoms. The second-order valence-electron chi connectivity index (χ2n) is 3.90. The van der Waals surface area contributed by atoms with Gasteiger partial charge >= 0.3 is 122 Å². The fourth-order valence-corrected chi connectivity index (χ4v) is 13.4. The van der Waals surface area contributed by atoms with Gasteiger partial charge in [0.2, 0.25) is 0 Å². The van der Waals surface area contributed by atoms with Gasteiger partial charge in [-0.3, -0.25) is 0 Å². The van der Waals surface area contributed by atoms with Crippen LogP contribution in [0, 0.1) is 13.8 Å². The number of rotatable bonds is 4. The molecular weight excluding hydrogens is 393 g/mol. The fourth-order valence-electron chi connectivity index (χ4n) is 1.41. The van der Waals surface area contributed by atoms with E-state index in [0.29, 0.717) is 27.9 Å². The van der Waals surface area contributed by atoms with Crippen molar-refractivity contribution in [3.8, 4) is 0 Å². The van der Waals surface area contributed by atoms with Crippen LogP contribution in [0.1, 0.15) is 11.4 Å². The number of pyridine rings is 2. The molecule has 0 N–H and O–H groups in total. The Morgan fingerprint density at radius 3 is 1.63 bits per heavy atom. The van der Waals surface area contributed by atoms with Crippen molar-refractivity contribution in [3.63, 3.8) is 0 Å². The molecule has 0 spiro atoms. The van der Waals surface area contributed by atoms with Gasteiger partial charge in [-0.25, -0.2) is 0 Å². The first-order valence-corrected chi connectivity index (χ1v) is 16.4. The van der Waals surface area contributed by atoms with Crippen LogP contribution in [0.2, 0.25) is 0 Å². The predicted molar refractivity (Wildman–Crippen MR) is 77.6 cm³/mol. The maximum atomic E-state index is 14.1. The molecule has 0 saturated heterocycles. The molecule has 0 fully saturated rings. The third kappa shape index (κ3) is 4.92. The molecule has 2 rings (SSSR count). The summed E-state index contributed by atoms with van der Waals surface area (Å²) in [5, 5.41) is 0.807. The van der Waals surface area contributed by atoms with E-state index in [2.05, 4.69) is 9.97 Å². The Bertz CT molecular complexity index is 532. The molecular formula is C12H12F2N2S2Sn. The zero-order valence-electron chi connectivity index (χ0n) is 10.4. The van der Waals surface area contributed by atoms with Crippen LogP contribution in [0.5, 0.6) is 0 Å². The van der Waals surface area contributed by atoms with Gasteiger partial charge in [-0.05, 0) is 0 Å². The third-order valence-electron chi connectivity index (χ3n) is 2.17. The minimum absolute atomic E-state index is 0.404. The van der Waals surface area contributed by atoms with Crippen LogP contribution < -0.4 is 0 Å². The average molecular weight is 405 g/mol. The Kier molecular flexibility index (Phi) is 5.08. The van der Waals surface area contributed by atoms with Crippen LogP contribution >= 0.6 is 17.9 Å². The second-order valence-corrected chi connectivity index (χ2v) is 19.9. The van der Waals surface area contributed by atoms with Crippen molar-refractivity contribution >= 4 is 34.6 Å². The summed E-state index contributed by atoms with van der Waals surface area (Å²) < 4.78 is 28.2. The zero-order chi connectivity index (χ0) is 13.9. The molecule has 0 amide bonds. The summed E-state index contributed by atoms with van der Waals surface area (Å²) in [6, 6.07) is 10.4. The number of aromatic nitrogens is 2. The first kappa shape index (κ1) is 15.1. The molecule has 0 unspecified atom stereocenters. The van der Waals surface area contributed by atoms with Crippen LogP contribution in [0.15, 0.2) is 46.5 Å². The van der Waals surface area contributed by atoms with Crippen LogP contribution in [-0.4, -0.2) is 26.7 Å². The number of aryl methyl sites for hydroxylation is 2. The van der Waals surface area contributed by atoms with Crippen LogP contribution in [0.25, 0.3) is 0 Å². The Morgan fingerprint density at radius 2 is 1.26 bits per heavy atom. The predicted octanol–water partition coefficient (Wildman–Crippen LogP) is 4.35.